The summed E-state index contributed by atoms with van der Waals surface area (Å²) in [6.45, 7) is 0. The van der Waals surface area contributed by atoms with Crippen LogP contribution in [0, 0.1) is 11.3 Å². The molecule has 0 aliphatic rings. The SMILES string of the molecule is CN(c1ccc(C#N)cc1)c1nc(CCC(=O)O)cs1. The molecule has 0 aliphatic heterocycles. The lowest BCUT2D eigenvalue weighted by Gasteiger charge is -2.15. The van der Waals surface area contributed by atoms with Gasteiger partial charge in [0.25, 0.3) is 0 Å². The Morgan fingerprint density at radius 1 is 1.45 bits per heavy atom. The van der Waals surface area contributed by atoms with Crippen molar-refractivity contribution in [3.63, 3.8) is 0 Å². The van der Waals surface area contributed by atoms with Crippen molar-refractivity contribution >= 4 is 28.1 Å². The molecule has 1 heterocycles. The van der Waals surface area contributed by atoms with E-state index in [0.717, 1.165) is 16.5 Å². The third-order valence-electron chi connectivity index (χ3n) is 2.81. The Hall–Kier alpha value is -2.39. The zero-order chi connectivity index (χ0) is 14.5. The molecule has 0 spiro atoms. The number of benzene rings is 1. The second-order valence-corrected chi connectivity index (χ2v) is 5.07. The maximum absolute atomic E-state index is 10.5. The molecular formula is C14H13N3O2S. The minimum Gasteiger partial charge on any atom is -0.481 e. The lowest BCUT2D eigenvalue weighted by atomic mass is 10.2. The number of carboxylic acids is 1. The largest absolute Gasteiger partial charge is 0.481 e. The Morgan fingerprint density at radius 3 is 2.75 bits per heavy atom. The van der Waals surface area contributed by atoms with E-state index in [0.29, 0.717) is 12.0 Å². The normalized spacial score (nSPS) is 10.0. The number of rotatable bonds is 5. The van der Waals surface area contributed by atoms with E-state index in [1.807, 2.05) is 29.5 Å². The number of nitriles is 1. The van der Waals surface area contributed by atoms with Crippen molar-refractivity contribution in [1.82, 2.24) is 4.98 Å². The van der Waals surface area contributed by atoms with Gasteiger partial charge in [0.1, 0.15) is 0 Å². The first-order chi connectivity index (χ1) is 9.60. The average molecular weight is 287 g/mol. The van der Waals surface area contributed by atoms with Crippen LogP contribution in [0.1, 0.15) is 17.7 Å². The molecule has 0 amide bonds. The Balaban J connectivity index is 2.10. The van der Waals surface area contributed by atoms with Crippen molar-refractivity contribution in [2.45, 2.75) is 12.8 Å². The number of carboxylic acid groups (broad SMARTS) is 1. The van der Waals surface area contributed by atoms with Crippen molar-refractivity contribution in [3.8, 4) is 6.07 Å². The molecule has 0 unspecified atom stereocenters. The number of aliphatic carboxylic acids is 1. The number of aromatic nitrogens is 1. The van der Waals surface area contributed by atoms with Gasteiger partial charge in [0.15, 0.2) is 5.13 Å². The summed E-state index contributed by atoms with van der Waals surface area (Å²) in [4.78, 5) is 16.9. The van der Waals surface area contributed by atoms with Gasteiger partial charge in [-0.3, -0.25) is 4.79 Å². The maximum atomic E-state index is 10.5. The topological polar surface area (TPSA) is 77.2 Å². The molecule has 0 radical (unpaired) electrons. The molecule has 2 aromatic rings. The summed E-state index contributed by atoms with van der Waals surface area (Å²) in [6.07, 6.45) is 0.525. The van der Waals surface area contributed by atoms with Crippen molar-refractivity contribution in [3.05, 3.63) is 40.9 Å². The van der Waals surface area contributed by atoms with E-state index < -0.39 is 5.97 Å². The number of hydrogen-bond acceptors (Lipinski definition) is 5. The monoisotopic (exact) mass is 287 g/mol. The minimum atomic E-state index is -0.819. The van der Waals surface area contributed by atoms with Crippen LogP contribution in [0.4, 0.5) is 10.8 Å². The van der Waals surface area contributed by atoms with Crippen LogP contribution >= 0.6 is 11.3 Å². The van der Waals surface area contributed by atoms with Gasteiger partial charge in [-0.15, -0.1) is 11.3 Å². The molecule has 6 heteroatoms. The van der Waals surface area contributed by atoms with Gasteiger partial charge in [-0.25, -0.2) is 4.98 Å². The molecule has 0 saturated heterocycles. The summed E-state index contributed by atoms with van der Waals surface area (Å²) in [5.74, 6) is -0.819. The predicted octanol–water partition coefficient (Wildman–Crippen LogP) is 2.80. The summed E-state index contributed by atoms with van der Waals surface area (Å²) < 4.78 is 0. The second-order valence-electron chi connectivity index (χ2n) is 4.23. The molecule has 1 aromatic carbocycles. The highest BCUT2D eigenvalue weighted by molar-refractivity contribution is 7.13. The summed E-state index contributed by atoms with van der Waals surface area (Å²) in [5, 5.41) is 20.1. The molecule has 0 bridgehead atoms. The number of thiazole rings is 1. The zero-order valence-corrected chi connectivity index (χ0v) is 11.7. The highest BCUT2D eigenvalue weighted by atomic mass is 32.1. The van der Waals surface area contributed by atoms with Crippen LogP contribution in [-0.2, 0) is 11.2 Å². The first-order valence-corrected chi connectivity index (χ1v) is 6.88. The molecule has 2 rings (SSSR count). The number of anilines is 2. The Bertz CT molecular complexity index is 643. The Morgan fingerprint density at radius 2 is 2.15 bits per heavy atom. The molecule has 102 valence electrons. The average Bonchev–Trinajstić information content (AvgIpc) is 2.93. The summed E-state index contributed by atoms with van der Waals surface area (Å²) in [5.41, 5.74) is 2.33. The molecule has 0 fully saturated rings. The Kier molecular flexibility index (Phi) is 4.33. The van der Waals surface area contributed by atoms with Crippen LogP contribution in [0.25, 0.3) is 0 Å². The molecule has 1 N–H and O–H groups in total. The minimum absolute atomic E-state index is 0.0871. The van der Waals surface area contributed by atoms with Gasteiger partial charge in [0, 0.05) is 24.5 Å². The van der Waals surface area contributed by atoms with Gasteiger partial charge in [0.05, 0.1) is 23.7 Å². The maximum Gasteiger partial charge on any atom is 0.303 e. The van der Waals surface area contributed by atoms with E-state index in [9.17, 15) is 4.79 Å². The van der Waals surface area contributed by atoms with Crippen molar-refractivity contribution in [1.29, 1.82) is 5.26 Å². The lowest BCUT2D eigenvalue weighted by molar-refractivity contribution is -0.136. The first kappa shape index (κ1) is 14.0. The number of carbonyl (C=O) groups is 1. The van der Waals surface area contributed by atoms with Gasteiger partial charge >= 0.3 is 5.97 Å². The first-order valence-electron chi connectivity index (χ1n) is 6.00. The smallest absolute Gasteiger partial charge is 0.303 e. The third kappa shape index (κ3) is 3.33. The molecular weight excluding hydrogens is 274 g/mol. The lowest BCUT2D eigenvalue weighted by Crippen LogP contribution is -2.09. The summed E-state index contributed by atoms with van der Waals surface area (Å²) in [7, 11) is 1.89. The number of nitrogens with zero attached hydrogens (tertiary/aromatic N) is 3. The van der Waals surface area contributed by atoms with E-state index in [-0.39, 0.29) is 6.42 Å². The van der Waals surface area contributed by atoms with Crippen LogP contribution in [-0.4, -0.2) is 23.1 Å². The summed E-state index contributed by atoms with van der Waals surface area (Å²) >= 11 is 1.47. The van der Waals surface area contributed by atoms with E-state index >= 15 is 0 Å². The second kappa shape index (κ2) is 6.17. The van der Waals surface area contributed by atoms with Crippen molar-refractivity contribution in [2.24, 2.45) is 0 Å². The van der Waals surface area contributed by atoms with Crippen LogP contribution in [0.5, 0.6) is 0 Å². The fourth-order valence-electron chi connectivity index (χ4n) is 1.67. The molecule has 20 heavy (non-hydrogen) atoms. The molecule has 0 aliphatic carbocycles. The van der Waals surface area contributed by atoms with Gasteiger partial charge in [-0.2, -0.15) is 5.26 Å². The third-order valence-corrected chi connectivity index (χ3v) is 3.77. The van der Waals surface area contributed by atoms with Gasteiger partial charge in [0.2, 0.25) is 0 Å². The van der Waals surface area contributed by atoms with Gasteiger partial charge < -0.3 is 10.0 Å². The Labute approximate surface area is 120 Å². The fourth-order valence-corrected chi connectivity index (χ4v) is 2.52. The van der Waals surface area contributed by atoms with Gasteiger partial charge in [-0.1, -0.05) is 0 Å². The molecule has 0 atom stereocenters. The van der Waals surface area contributed by atoms with Gasteiger partial charge in [-0.05, 0) is 24.3 Å². The summed E-state index contributed by atoms with van der Waals surface area (Å²) in [6, 6.07) is 9.30. The van der Waals surface area contributed by atoms with Crippen molar-refractivity contribution in [2.75, 3.05) is 11.9 Å². The molecule has 5 nitrogen and oxygen atoms in total. The highest BCUT2D eigenvalue weighted by Gasteiger charge is 2.10. The number of hydrogen-bond donors (Lipinski definition) is 1. The predicted molar refractivity (Wildman–Crippen MR) is 77.3 cm³/mol. The van der Waals surface area contributed by atoms with Crippen LogP contribution in [0.3, 0.4) is 0 Å². The van der Waals surface area contributed by atoms with Crippen molar-refractivity contribution < 1.29 is 9.90 Å². The highest BCUT2D eigenvalue weighted by Crippen LogP contribution is 2.27. The van der Waals surface area contributed by atoms with Crippen LogP contribution in [0.15, 0.2) is 29.6 Å². The molecule has 0 saturated carbocycles. The number of aryl methyl sites for hydroxylation is 1. The quantitative estimate of drug-likeness (QED) is 0.915. The van der Waals surface area contributed by atoms with Crippen LogP contribution in [0.2, 0.25) is 0 Å². The fraction of sp³-hybridized carbons (Fsp3) is 0.214. The zero-order valence-electron chi connectivity index (χ0n) is 10.9. The van der Waals surface area contributed by atoms with Crippen LogP contribution < -0.4 is 4.90 Å². The molecule has 1 aromatic heterocycles. The van der Waals surface area contributed by atoms with E-state index in [2.05, 4.69) is 11.1 Å². The standard InChI is InChI=1S/C14H13N3O2S/c1-17(12-5-2-10(8-15)3-6-12)14-16-11(9-20-14)4-7-13(18)19/h2-3,5-6,9H,4,7H2,1H3,(H,18,19). The van der Waals surface area contributed by atoms with E-state index in [1.165, 1.54) is 11.3 Å². The van der Waals surface area contributed by atoms with E-state index in [4.69, 9.17) is 10.4 Å². The van der Waals surface area contributed by atoms with E-state index in [1.54, 1.807) is 12.1 Å².